The van der Waals surface area contributed by atoms with Gasteiger partial charge in [0, 0.05) is 50.5 Å². The average Bonchev–Trinajstić information content (AvgIpc) is 3.33. The molecular formula is C19H27N3O2. The number of nitrogens with zero attached hydrogens (tertiary/aromatic N) is 2. The van der Waals surface area contributed by atoms with E-state index in [4.69, 9.17) is 4.74 Å². The topological polar surface area (TPSA) is 44.8 Å². The molecule has 0 bridgehead atoms. The van der Waals surface area contributed by atoms with Crippen LogP contribution in [0.3, 0.4) is 0 Å². The van der Waals surface area contributed by atoms with Crippen LogP contribution >= 0.6 is 0 Å². The van der Waals surface area contributed by atoms with Crippen LogP contribution in [0, 0.1) is 5.92 Å². The van der Waals surface area contributed by atoms with E-state index in [0.717, 1.165) is 44.2 Å². The zero-order chi connectivity index (χ0) is 16.5. The summed E-state index contributed by atoms with van der Waals surface area (Å²) in [5.41, 5.74) is 2.24. The third-order valence-corrected chi connectivity index (χ3v) is 5.31. The molecule has 130 valence electrons. The number of anilines is 2. The highest BCUT2D eigenvalue weighted by molar-refractivity contribution is 5.81. The van der Waals surface area contributed by atoms with Crippen molar-refractivity contribution in [1.29, 1.82) is 0 Å². The highest BCUT2D eigenvalue weighted by Gasteiger charge is 2.31. The molecule has 24 heavy (non-hydrogen) atoms. The van der Waals surface area contributed by atoms with Crippen LogP contribution in [0.1, 0.15) is 26.2 Å². The lowest BCUT2D eigenvalue weighted by molar-refractivity contribution is -0.141. The molecule has 0 spiro atoms. The molecule has 0 aromatic heterocycles. The van der Waals surface area contributed by atoms with Gasteiger partial charge in [-0.3, -0.25) is 4.90 Å². The molecule has 5 nitrogen and oxygen atoms in total. The van der Waals surface area contributed by atoms with Gasteiger partial charge in [-0.2, -0.15) is 0 Å². The van der Waals surface area contributed by atoms with Crippen LogP contribution in [0.4, 0.5) is 11.4 Å². The van der Waals surface area contributed by atoms with E-state index in [0.29, 0.717) is 0 Å². The first kappa shape index (κ1) is 15.8. The zero-order valence-electron chi connectivity index (χ0n) is 14.4. The zero-order valence-corrected chi connectivity index (χ0v) is 14.4. The van der Waals surface area contributed by atoms with E-state index < -0.39 is 0 Å². The summed E-state index contributed by atoms with van der Waals surface area (Å²) >= 11 is 0. The standard InChI is InChI=1S/C19H27N3O2/c1-14-11-18(19(23)24-14)20-16-3-2-4-17(12-16)22-9-7-21(8-10-22)13-15-5-6-15/h2-4,12,14-15,18,20H,5-11,13H2,1H3/t14-,18-/m1/s1. The van der Waals surface area contributed by atoms with Crippen molar-refractivity contribution >= 4 is 17.3 Å². The fourth-order valence-electron chi connectivity index (χ4n) is 3.72. The Kier molecular flexibility index (Phi) is 4.35. The lowest BCUT2D eigenvalue weighted by Gasteiger charge is -2.36. The van der Waals surface area contributed by atoms with Crippen LogP contribution in [-0.4, -0.2) is 55.7 Å². The Balaban J connectivity index is 1.35. The Morgan fingerprint density at radius 2 is 2.00 bits per heavy atom. The van der Waals surface area contributed by atoms with Gasteiger partial charge in [-0.1, -0.05) is 6.07 Å². The second kappa shape index (κ2) is 6.63. The minimum atomic E-state index is -0.217. The summed E-state index contributed by atoms with van der Waals surface area (Å²) < 4.78 is 5.22. The van der Waals surface area contributed by atoms with Crippen molar-refractivity contribution in [3.8, 4) is 0 Å². The second-order valence-corrected chi connectivity index (χ2v) is 7.46. The Bertz CT molecular complexity index is 594. The van der Waals surface area contributed by atoms with Crippen LogP contribution in [0.15, 0.2) is 24.3 Å². The molecule has 1 saturated carbocycles. The third-order valence-electron chi connectivity index (χ3n) is 5.31. The van der Waals surface area contributed by atoms with E-state index in [2.05, 4.69) is 33.3 Å². The maximum atomic E-state index is 11.8. The van der Waals surface area contributed by atoms with Crippen LogP contribution < -0.4 is 10.2 Å². The Morgan fingerprint density at radius 1 is 1.21 bits per heavy atom. The van der Waals surface area contributed by atoms with E-state index in [1.807, 2.05) is 13.0 Å². The van der Waals surface area contributed by atoms with Crippen molar-refractivity contribution in [2.45, 2.75) is 38.3 Å². The molecule has 0 unspecified atom stereocenters. The molecule has 0 amide bonds. The van der Waals surface area contributed by atoms with Gasteiger partial charge in [-0.05, 0) is 43.9 Å². The predicted octanol–water partition coefficient (Wildman–Crippen LogP) is 2.33. The van der Waals surface area contributed by atoms with E-state index in [9.17, 15) is 4.79 Å². The van der Waals surface area contributed by atoms with E-state index in [1.54, 1.807) is 0 Å². The molecule has 3 aliphatic rings. The third kappa shape index (κ3) is 3.66. The summed E-state index contributed by atoms with van der Waals surface area (Å²) in [6, 6.07) is 8.20. The summed E-state index contributed by atoms with van der Waals surface area (Å²) in [6.45, 7) is 7.70. The number of cyclic esters (lactones) is 1. The van der Waals surface area contributed by atoms with E-state index in [1.165, 1.54) is 25.1 Å². The number of carbonyl (C=O) groups excluding carboxylic acids is 1. The average molecular weight is 329 g/mol. The van der Waals surface area contributed by atoms with Gasteiger partial charge in [0.25, 0.3) is 0 Å². The van der Waals surface area contributed by atoms with Gasteiger partial charge in [0.05, 0.1) is 0 Å². The smallest absolute Gasteiger partial charge is 0.328 e. The molecule has 4 rings (SSSR count). The molecule has 1 aromatic carbocycles. The normalized spacial score (nSPS) is 28.0. The second-order valence-electron chi connectivity index (χ2n) is 7.46. The lowest BCUT2D eigenvalue weighted by Crippen LogP contribution is -2.47. The molecule has 1 aliphatic carbocycles. The summed E-state index contributed by atoms with van der Waals surface area (Å²) in [4.78, 5) is 16.9. The summed E-state index contributed by atoms with van der Waals surface area (Å²) in [7, 11) is 0. The molecule has 1 N–H and O–H groups in total. The number of benzene rings is 1. The minimum Gasteiger partial charge on any atom is -0.461 e. The maximum absolute atomic E-state index is 11.8. The van der Waals surface area contributed by atoms with Crippen molar-refractivity contribution in [1.82, 2.24) is 4.90 Å². The number of hydrogen-bond donors (Lipinski definition) is 1. The number of ether oxygens (including phenoxy) is 1. The summed E-state index contributed by atoms with van der Waals surface area (Å²) in [6.07, 6.45) is 3.60. The number of hydrogen-bond acceptors (Lipinski definition) is 5. The monoisotopic (exact) mass is 329 g/mol. The molecule has 5 heteroatoms. The van der Waals surface area contributed by atoms with Crippen molar-refractivity contribution < 1.29 is 9.53 Å². The van der Waals surface area contributed by atoms with Crippen molar-refractivity contribution in [3.05, 3.63) is 24.3 Å². The molecule has 0 radical (unpaired) electrons. The highest BCUT2D eigenvalue weighted by Crippen LogP contribution is 2.30. The molecule has 2 atom stereocenters. The first-order valence-corrected chi connectivity index (χ1v) is 9.22. The molecule has 2 saturated heterocycles. The van der Waals surface area contributed by atoms with Crippen LogP contribution in [0.5, 0.6) is 0 Å². The SMILES string of the molecule is C[C@@H]1C[C@@H](Nc2cccc(N3CCN(CC4CC4)CC3)c2)C(=O)O1. The van der Waals surface area contributed by atoms with Crippen molar-refractivity contribution in [2.75, 3.05) is 42.9 Å². The summed E-state index contributed by atoms with van der Waals surface area (Å²) in [5, 5.41) is 3.33. The quantitative estimate of drug-likeness (QED) is 0.840. The Hall–Kier alpha value is -1.75. The molecular weight excluding hydrogens is 302 g/mol. The van der Waals surface area contributed by atoms with Gasteiger partial charge in [-0.15, -0.1) is 0 Å². The Labute approximate surface area is 144 Å². The van der Waals surface area contributed by atoms with Crippen LogP contribution in [-0.2, 0) is 9.53 Å². The van der Waals surface area contributed by atoms with Gasteiger partial charge >= 0.3 is 5.97 Å². The van der Waals surface area contributed by atoms with Gasteiger partial charge in [0.1, 0.15) is 12.1 Å². The molecule has 1 aromatic rings. The molecule has 3 fully saturated rings. The summed E-state index contributed by atoms with van der Waals surface area (Å²) in [5.74, 6) is 0.833. The fraction of sp³-hybridized carbons (Fsp3) is 0.632. The fourth-order valence-corrected chi connectivity index (χ4v) is 3.72. The van der Waals surface area contributed by atoms with Gasteiger partial charge < -0.3 is 15.0 Å². The van der Waals surface area contributed by atoms with Gasteiger partial charge in [-0.25, -0.2) is 4.79 Å². The Morgan fingerprint density at radius 3 is 2.67 bits per heavy atom. The number of esters is 1. The maximum Gasteiger partial charge on any atom is 0.328 e. The minimum absolute atomic E-state index is 0.0118. The van der Waals surface area contributed by atoms with E-state index >= 15 is 0 Å². The molecule has 2 aliphatic heterocycles. The van der Waals surface area contributed by atoms with Crippen LogP contribution in [0.25, 0.3) is 0 Å². The largest absolute Gasteiger partial charge is 0.461 e. The van der Waals surface area contributed by atoms with E-state index in [-0.39, 0.29) is 18.1 Å². The van der Waals surface area contributed by atoms with Crippen molar-refractivity contribution in [2.24, 2.45) is 5.92 Å². The highest BCUT2D eigenvalue weighted by atomic mass is 16.6. The number of rotatable bonds is 5. The predicted molar refractivity (Wildman–Crippen MR) is 95.4 cm³/mol. The number of piperazine rings is 1. The first-order valence-electron chi connectivity index (χ1n) is 9.22. The van der Waals surface area contributed by atoms with Gasteiger partial charge in [0.2, 0.25) is 0 Å². The first-order chi connectivity index (χ1) is 11.7. The number of nitrogens with one attached hydrogen (secondary N) is 1. The number of carbonyl (C=O) groups is 1. The van der Waals surface area contributed by atoms with Crippen molar-refractivity contribution in [3.63, 3.8) is 0 Å². The van der Waals surface area contributed by atoms with Gasteiger partial charge in [0.15, 0.2) is 0 Å². The van der Waals surface area contributed by atoms with Crippen LogP contribution in [0.2, 0.25) is 0 Å². The molecule has 2 heterocycles. The lowest BCUT2D eigenvalue weighted by atomic mass is 10.1.